The third-order valence-corrected chi connectivity index (χ3v) is 9.15. The van der Waals surface area contributed by atoms with Gasteiger partial charge in [-0.05, 0) is 60.2 Å². The van der Waals surface area contributed by atoms with Crippen molar-refractivity contribution in [2.24, 2.45) is 0 Å². The van der Waals surface area contributed by atoms with E-state index in [1.54, 1.807) is 54.2 Å². The van der Waals surface area contributed by atoms with Gasteiger partial charge in [-0.2, -0.15) is 0 Å². The van der Waals surface area contributed by atoms with Crippen LogP contribution in [0.5, 0.6) is 0 Å². The van der Waals surface area contributed by atoms with E-state index in [1.165, 1.54) is 12.1 Å². The van der Waals surface area contributed by atoms with Gasteiger partial charge in [-0.25, -0.2) is 13.6 Å². The zero-order valence-electron chi connectivity index (χ0n) is 22.2. The van der Waals surface area contributed by atoms with Crippen LogP contribution in [0.25, 0.3) is 54.2 Å². The van der Waals surface area contributed by atoms with Crippen LogP contribution >= 0.6 is 22.9 Å². The lowest BCUT2D eigenvalue weighted by molar-refractivity contribution is 0.0964. The monoisotopic (exact) mass is 603 g/mol. The molecule has 41 heavy (non-hydrogen) atoms. The van der Waals surface area contributed by atoms with Crippen molar-refractivity contribution < 1.29 is 17.8 Å². The molecule has 2 heterocycles. The molecule has 0 aliphatic carbocycles. The largest absolute Gasteiger partial charge is 0.455 e. The summed E-state index contributed by atoms with van der Waals surface area (Å²) >= 11 is 7.74. The summed E-state index contributed by atoms with van der Waals surface area (Å²) in [5.74, 6) is -0.403. The van der Waals surface area contributed by atoms with Gasteiger partial charge in [-0.3, -0.25) is 9.10 Å². The van der Waals surface area contributed by atoms with E-state index in [4.69, 9.17) is 21.0 Å². The van der Waals surface area contributed by atoms with Gasteiger partial charge in [0, 0.05) is 53.5 Å². The van der Waals surface area contributed by atoms with Gasteiger partial charge in [-0.1, -0.05) is 29.8 Å². The van der Waals surface area contributed by atoms with E-state index in [2.05, 4.69) is 5.32 Å². The first-order valence-corrected chi connectivity index (χ1v) is 15.3. The summed E-state index contributed by atoms with van der Waals surface area (Å²) < 4.78 is 35.2. The van der Waals surface area contributed by atoms with E-state index in [0.717, 1.165) is 31.9 Å². The molecule has 1 atom stereocenters. The smallest absolute Gasteiger partial charge is 0.255 e. The van der Waals surface area contributed by atoms with Gasteiger partial charge >= 0.3 is 0 Å². The topological polar surface area (TPSA) is 75.4 Å². The predicted molar refractivity (Wildman–Crippen MR) is 167 cm³/mol. The number of halogens is 2. The Hall–Kier alpha value is -4.05. The molecule has 0 aliphatic heterocycles. The minimum Gasteiger partial charge on any atom is -0.455 e. The Kier molecular flexibility index (Phi) is 7.11. The van der Waals surface area contributed by atoms with Gasteiger partial charge < -0.3 is 9.73 Å². The lowest BCUT2D eigenvalue weighted by Gasteiger charge is -2.20. The number of anilines is 1. The minimum absolute atomic E-state index is 0.324. The number of thiazole rings is 1. The highest BCUT2D eigenvalue weighted by atomic mass is 35.5. The maximum Gasteiger partial charge on any atom is 0.255 e. The highest BCUT2D eigenvalue weighted by Crippen LogP contribution is 2.42. The number of furan rings is 1. The Labute approximate surface area is 247 Å². The summed E-state index contributed by atoms with van der Waals surface area (Å²) in [7, 11) is 1.95. The number of nitrogens with one attached hydrogen (secondary N) is 1. The summed E-state index contributed by atoms with van der Waals surface area (Å²) in [4.78, 5) is 17.9. The summed E-state index contributed by atoms with van der Waals surface area (Å²) in [5, 5.41) is 4.74. The first-order valence-electron chi connectivity index (χ1n) is 12.6. The molecule has 2 aromatic heterocycles. The Balaban J connectivity index is 1.58. The van der Waals surface area contributed by atoms with Crippen molar-refractivity contribution in [2.45, 2.75) is 0 Å². The molecule has 0 aliphatic rings. The van der Waals surface area contributed by atoms with Crippen LogP contribution < -0.4 is 9.62 Å². The fourth-order valence-electron chi connectivity index (χ4n) is 4.76. The highest BCUT2D eigenvalue weighted by molar-refractivity contribution is 7.85. The molecule has 1 N–H and O–H groups in total. The Morgan fingerprint density at radius 3 is 2.51 bits per heavy atom. The Morgan fingerprint density at radius 1 is 1.02 bits per heavy atom. The maximum atomic E-state index is 13.7. The average Bonchev–Trinajstić information content (AvgIpc) is 3.57. The van der Waals surface area contributed by atoms with E-state index in [0.29, 0.717) is 38.6 Å². The molecule has 6 rings (SSSR count). The second kappa shape index (κ2) is 10.7. The molecule has 1 unspecified atom stereocenters. The molecule has 206 valence electrons. The van der Waals surface area contributed by atoms with Crippen molar-refractivity contribution in [1.82, 2.24) is 10.3 Å². The molecule has 0 saturated carbocycles. The van der Waals surface area contributed by atoms with Gasteiger partial charge in [0.05, 0.1) is 21.5 Å². The van der Waals surface area contributed by atoms with Crippen LogP contribution in [-0.4, -0.2) is 35.5 Å². The molecule has 1 amide bonds. The van der Waals surface area contributed by atoms with Crippen molar-refractivity contribution in [3.8, 4) is 33.0 Å². The normalized spacial score (nSPS) is 12.1. The van der Waals surface area contributed by atoms with E-state index in [-0.39, 0.29) is 11.7 Å². The van der Waals surface area contributed by atoms with Crippen LogP contribution in [0.1, 0.15) is 10.4 Å². The first kappa shape index (κ1) is 27.1. The summed E-state index contributed by atoms with van der Waals surface area (Å²) in [5.41, 5.74) is 5.35. The molecule has 0 fully saturated rings. The molecular formula is C31H23ClFN3O3S2. The molecule has 0 radical (unpaired) electrons. The molecule has 0 bridgehead atoms. The molecule has 6 aromatic rings. The average molecular weight is 604 g/mol. The van der Waals surface area contributed by atoms with Crippen molar-refractivity contribution in [3.63, 3.8) is 0 Å². The van der Waals surface area contributed by atoms with Crippen LogP contribution in [-0.2, 0) is 11.0 Å². The van der Waals surface area contributed by atoms with Crippen LogP contribution in [0.3, 0.4) is 0 Å². The number of hydrogen-bond acceptors (Lipinski definition) is 5. The molecule has 10 heteroatoms. The molecule has 6 nitrogen and oxygen atoms in total. The minimum atomic E-state index is -1.34. The predicted octanol–water partition coefficient (Wildman–Crippen LogP) is 7.93. The number of carbonyl (C=O) groups is 1. The van der Waals surface area contributed by atoms with Crippen LogP contribution in [0.15, 0.2) is 83.3 Å². The number of aromatic nitrogens is 1. The number of benzene rings is 4. The third-order valence-electron chi connectivity index (χ3n) is 6.86. The quantitative estimate of drug-likeness (QED) is 0.210. The lowest BCUT2D eigenvalue weighted by atomic mass is 9.97. The van der Waals surface area contributed by atoms with Crippen LogP contribution in [0.2, 0.25) is 5.02 Å². The van der Waals surface area contributed by atoms with Gasteiger partial charge in [0.2, 0.25) is 0 Å². The van der Waals surface area contributed by atoms with E-state index in [9.17, 15) is 13.4 Å². The molecule has 4 aromatic carbocycles. The number of amides is 1. The van der Waals surface area contributed by atoms with Gasteiger partial charge in [0.1, 0.15) is 33.2 Å². The number of carbonyl (C=O) groups excluding carboxylic acids is 1. The van der Waals surface area contributed by atoms with E-state index >= 15 is 0 Å². The fourth-order valence-corrected chi connectivity index (χ4v) is 6.30. The fraction of sp³-hybridized carbons (Fsp3) is 0.0968. The lowest BCUT2D eigenvalue weighted by Crippen LogP contribution is -2.20. The second-order valence-electron chi connectivity index (χ2n) is 9.39. The van der Waals surface area contributed by atoms with Crippen LogP contribution in [0.4, 0.5) is 10.1 Å². The van der Waals surface area contributed by atoms with Crippen LogP contribution in [0, 0.1) is 5.82 Å². The summed E-state index contributed by atoms with van der Waals surface area (Å²) in [6, 6.07) is 23.0. The van der Waals surface area contributed by atoms with Crippen molar-refractivity contribution in [2.75, 3.05) is 24.7 Å². The Morgan fingerprint density at radius 2 is 1.78 bits per heavy atom. The van der Waals surface area contributed by atoms with Crippen molar-refractivity contribution >= 4 is 66.7 Å². The van der Waals surface area contributed by atoms with Gasteiger partial charge in [0.15, 0.2) is 0 Å². The number of nitrogens with zero attached hydrogens (tertiary/aromatic N) is 2. The van der Waals surface area contributed by atoms with E-state index < -0.39 is 11.0 Å². The van der Waals surface area contributed by atoms with Gasteiger partial charge in [-0.15, -0.1) is 11.3 Å². The summed E-state index contributed by atoms with van der Waals surface area (Å²) in [6.07, 6.45) is 1.60. The summed E-state index contributed by atoms with van der Waals surface area (Å²) in [6.45, 7) is 0. The standard InChI is InChI=1S/C31H23ClFN3O3S2/c1-34-30(37)28-23-15-22(18-5-4-6-19(13-18)31-35-24-14-20(32)9-12-27(24)40-31)25(36(2)41(3)38)16-26(23)39-29(28)17-7-10-21(33)11-8-17/h4-16H,1-3H3,(H,34,37). The molecular weight excluding hydrogens is 581 g/mol. The zero-order valence-corrected chi connectivity index (χ0v) is 24.6. The zero-order chi connectivity index (χ0) is 28.8. The third kappa shape index (κ3) is 5.01. The first-order chi connectivity index (χ1) is 19.7. The van der Waals surface area contributed by atoms with Gasteiger partial charge in [0.25, 0.3) is 5.91 Å². The highest BCUT2D eigenvalue weighted by Gasteiger charge is 2.25. The Bertz CT molecular complexity index is 1990. The van der Waals surface area contributed by atoms with Crippen molar-refractivity contribution in [1.29, 1.82) is 0 Å². The maximum absolute atomic E-state index is 13.7. The molecule has 0 spiro atoms. The number of fused-ring (bicyclic) bond motifs is 2. The molecule has 0 saturated heterocycles. The van der Waals surface area contributed by atoms with E-state index in [1.807, 2.05) is 48.5 Å². The second-order valence-corrected chi connectivity index (χ2v) is 12.3. The SMILES string of the molecule is CNC(=O)c1c(-c2ccc(F)cc2)oc2cc(N(C)S(C)=O)c(-c3cccc(-c4nc5cc(Cl)ccc5s4)c3)cc12. The number of rotatable bonds is 6. The van der Waals surface area contributed by atoms with Crippen molar-refractivity contribution in [3.05, 3.63) is 95.3 Å². The number of hydrogen-bond donors (Lipinski definition) is 1.